The van der Waals surface area contributed by atoms with E-state index >= 15 is 0 Å². The van der Waals surface area contributed by atoms with Gasteiger partial charge in [-0.3, -0.25) is 19.0 Å². The molecule has 214 valence electrons. The summed E-state index contributed by atoms with van der Waals surface area (Å²) in [6, 6.07) is 20.2. The van der Waals surface area contributed by atoms with E-state index in [1.54, 1.807) is 42.5 Å². The molecule has 4 aromatic rings. The molecule has 41 heavy (non-hydrogen) atoms. The monoisotopic (exact) mass is 637 g/mol. The largest absolute Gasteiger partial charge is 0.354 e. The molecule has 0 aliphatic rings. The zero-order chi connectivity index (χ0) is 29.5. The van der Waals surface area contributed by atoms with Crippen LogP contribution in [-0.4, -0.2) is 64.9 Å². The molecule has 1 heterocycles. The number of carbonyl (C=O) groups is 2. The molecule has 10 heteroatoms. The summed E-state index contributed by atoms with van der Waals surface area (Å²) in [7, 11) is 3.91. The third kappa shape index (κ3) is 7.41. The third-order valence-electron chi connectivity index (χ3n) is 6.64. The molecule has 2 amide bonds. The number of benzene rings is 3. The molecule has 1 N–H and O–H groups in total. The quantitative estimate of drug-likeness (QED) is 0.246. The first-order valence-corrected chi connectivity index (χ1v) is 14.6. The van der Waals surface area contributed by atoms with Gasteiger partial charge in [-0.25, -0.2) is 4.98 Å². The van der Waals surface area contributed by atoms with Crippen LogP contribution in [0.5, 0.6) is 0 Å². The third-order valence-corrected chi connectivity index (χ3v) is 7.41. The summed E-state index contributed by atoms with van der Waals surface area (Å²) in [5.74, 6) is -0.577. The number of likely N-dealkylation sites (N-methyl/N-ethyl adjacent to an activating group) is 1. The van der Waals surface area contributed by atoms with Crippen molar-refractivity contribution in [3.8, 4) is 0 Å². The van der Waals surface area contributed by atoms with Crippen molar-refractivity contribution in [2.45, 2.75) is 25.9 Å². The molecule has 8 nitrogen and oxygen atoms in total. The highest BCUT2D eigenvalue weighted by Crippen LogP contribution is 2.26. The molecule has 3 aromatic carbocycles. The van der Waals surface area contributed by atoms with Gasteiger partial charge in [-0.2, -0.15) is 0 Å². The normalized spacial score (nSPS) is 12.0. The lowest BCUT2D eigenvalue weighted by Crippen LogP contribution is -2.47. The minimum Gasteiger partial charge on any atom is -0.354 e. The first kappa shape index (κ1) is 30.4. The van der Waals surface area contributed by atoms with Gasteiger partial charge in [0, 0.05) is 28.1 Å². The van der Waals surface area contributed by atoms with Crippen molar-refractivity contribution in [2.75, 3.05) is 33.7 Å². The van der Waals surface area contributed by atoms with E-state index < -0.39 is 11.9 Å². The summed E-state index contributed by atoms with van der Waals surface area (Å²) < 4.78 is 2.33. The average molecular weight is 639 g/mol. The van der Waals surface area contributed by atoms with Crippen LogP contribution in [0.2, 0.25) is 5.02 Å². The highest BCUT2D eigenvalue weighted by atomic mass is 79.9. The number of halogens is 2. The Morgan fingerprint density at radius 2 is 1.73 bits per heavy atom. The Morgan fingerprint density at radius 3 is 2.39 bits per heavy atom. The summed E-state index contributed by atoms with van der Waals surface area (Å²) in [5.41, 5.74) is 1.33. The second kappa shape index (κ2) is 13.9. The van der Waals surface area contributed by atoms with Crippen molar-refractivity contribution in [1.82, 2.24) is 24.7 Å². The van der Waals surface area contributed by atoms with Gasteiger partial charge in [0.2, 0.25) is 0 Å². The fraction of sp³-hybridized carbons (Fsp3) is 0.290. The molecule has 4 rings (SSSR count). The van der Waals surface area contributed by atoms with Gasteiger partial charge in [-0.15, -0.1) is 0 Å². The molecule has 0 aliphatic carbocycles. The van der Waals surface area contributed by atoms with Gasteiger partial charge in [0.1, 0.15) is 5.82 Å². The number of amides is 2. The Kier molecular flexibility index (Phi) is 10.3. The van der Waals surface area contributed by atoms with Crippen molar-refractivity contribution >= 4 is 50.2 Å². The smallest absolute Gasteiger partial charge is 0.261 e. The van der Waals surface area contributed by atoms with Crippen LogP contribution in [0.3, 0.4) is 0 Å². The Balaban J connectivity index is 1.96. The molecule has 0 spiro atoms. The average Bonchev–Trinajstić information content (AvgIpc) is 2.94. The zero-order valence-corrected chi connectivity index (χ0v) is 25.7. The number of fused-ring (bicyclic) bond motifs is 1. The molecule has 0 bridgehead atoms. The lowest BCUT2D eigenvalue weighted by atomic mass is 10.1. The van der Waals surface area contributed by atoms with E-state index in [9.17, 15) is 14.4 Å². The van der Waals surface area contributed by atoms with E-state index in [-0.39, 0.29) is 30.4 Å². The van der Waals surface area contributed by atoms with E-state index in [0.717, 1.165) is 10.0 Å². The molecule has 0 saturated heterocycles. The molecule has 1 unspecified atom stereocenters. The maximum absolute atomic E-state index is 14.1. The number of rotatable bonds is 11. The fourth-order valence-corrected chi connectivity index (χ4v) is 5.10. The van der Waals surface area contributed by atoms with Crippen molar-refractivity contribution < 1.29 is 9.59 Å². The van der Waals surface area contributed by atoms with Gasteiger partial charge in [-0.05, 0) is 82.0 Å². The number of carbonyl (C=O) groups excluding carboxylic acids is 2. The number of aromatic nitrogens is 2. The molecule has 0 saturated carbocycles. The molecular weight excluding hydrogens is 606 g/mol. The molecule has 0 radical (unpaired) electrons. The predicted octanol–water partition coefficient (Wildman–Crippen LogP) is 5.13. The minimum atomic E-state index is -1.17. The number of hydrogen-bond donors (Lipinski definition) is 1. The Labute approximate surface area is 253 Å². The molecular formula is C31H33BrClN5O3. The van der Waals surface area contributed by atoms with E-state index in [4.69, 9.17) is 16.6 Å². The maximum atomic E-state index is 14.1. The number of nitrogens with zero attached hydrogens (tertiary/aromatic N) is 4. The zero-order valence-electron chi connectivity index (χ0n) is 23.3. The summed E-state index contributed by atoms with van der Waals surface area (Å²) >= 11 is 9.71. The highest BCUT2D eigenvalue weighted by molar-refractivity contribution is 9.10. The highest BCUT2D eigenvalue weighted by Gasteiger charge is 2.35. The summed E-state index contributed by atoms with van der Waals surface area (Å²) in [4.78, 5) is 50.4. The van der Waals surface area contributed by atoms with Crippen LogP contribution in [-0.2, 0) is 11.3 Å². The maximum Gasteiger partial charge on any atom is 0.261 e. The van der Waals surface area contributed by atoms with E-state index in [1.807, 2.05) is 56.3 Å². The van der Waals surface area contributed by atoms with Gasteiger partial charge in [0.15, 0.2) is 6.04 Å². The topological polar surface area (TPSA) is 87.5 Å². The summed E-state index contributed by atoms with van der Waals surface area (Å²) in [6.45, 7) is 3.30. The number of hydrogen-bond acceptors (Lipinski definition) is 5. The van der Waals surface area contributed by atoms with Crippen LogP contribution in [0.15, 0.2) is 82.1 Å². The second-order valence-corrected chi connectivity index (χ2v) is 11.3. The van der Waals surface area contributed by atoms with Crippen molar-refractivity contribution in [1.29, 1.82) is 0 Å². The van der Waals surface area contributed by atoms with Crippen LogP contribution in [0, 0.1) is 0 Å². The molecule has 1 atom stereocenters. The SMILES string of the molecule is CCNC(=O)C(c1nc2cc(Cl)ccc2c(=O)n1Cc1ccccc1)N(CCCN(C)C)C(=O)c1ccc(Br)cc1. The first-order valence-electron chi connectivity index (χ1n) is 13.4. The minimum absolute atomic E-state index is 0.175. The van der Waals surface area contributed by atoms with Gasteiger partial charge < -0.3 is 15.1 Å². The standard InChI is InChI=1S/C31H33BrClN5O3/c1-4-34-29(39)27(37(18-8-17-36(2)3)30(40)22-11-13-23(32)14-12-22)28-35-26-19-24(33)15-16-25(26)31(41)38(28)20-21-9-6-5-7-10-21/h5-7,9-16,19,27H,4,8,17-18,20H2,1-3H3,(H,34,39). The van der Waals surface area contributed by atoms with Crippen LogP contribution in [0.1, 0.15) is 41.1 Å². The van der Waals surface area contributed by atoms with E-state index in [1.165, 1.54) is 9.47 Å². The van der Waals surface area contributed by atoms with Crippen molar-refractivity contribution in [3.63, 3.8) is 0 Å². The van der Waals surface area contributed by atoms with E-state index in [0.29, 0.717) is 41.0 Å². The molecule has 0 fully saturated rings. The van der Waals surface area contributed by atoms with Gasteiger partial charge in [-0.1, -0.05) is 57.9 Å². The van der Waals surface area contributed by atoms with Crippen LogP contribution >= 0.6 is 27.5 Å². The van der Waals surface area contributed by atoms with Crippen molar-refractivity contribution in [2.24, 2.45) is 0 Å². The molecule has 0 aliphatic heterocycles. The number of nitrogens with one attached hydrogen (secondary N) is 1. The summed E-state index contributed by atoms with van der Waals surface area (Å²) in [5, 5.41) is 3.67. The van der Waals surface area contributed by atoms with Crippen LogP contribution in [0.25, 0.3) is 10.9 Å². The lowest BCUT2D eigenvalue weighted by Gasteiger charge is -2.32. The van der Waals surface area contributed by atoms with Gasteiger partial charge in [0.05, 0.1) is 17.4 Å². The van der Waals surface area contributed by atoms with Gasteiger partial charge >= 0.3 is 0 Å². The Bertz CT molecular complexity index is 1570. The predicted molar refractivity (Wildman–Crippen MR) is 166 cm³/mol. The Hall–Kier alpha value is -3.53. The van der Waals surface area contributed by atoms with E-state index in [2.05, 4.69) is 21.2 Å². The van der Waals surface area contributed by atoms with Crippen LogP contribution in [0.4, 0.5) is 0 Å². The van der Waals surface area contributed by atoms with Gasteiger partial charge in [0.25, 0.3) is 17.4 Å². The first-order chi connectivity index (χ1) is 19.7. The summed E-state index contributed by atoms with van der Waals surface area (Å²) in [6.07, 6.45) is 0.605. The Morgan fingerprint density at radius 1 is 1.02 bits per heavy atom. The second-order valence-electron chi connectivity index (χ2n) is 9.97. The lowest BCUT2D eigenvalue weighted by molar-refractivity contribution is -0.126. The van der Waals surface area contributed by atoms with Crippen molar-refractivity contribution in [3.05, 3.63) is 110 Å². The fourth-order valence-electron chi connectivity index (χ4n) is 4.67. The van der Waals surface area contributed by atoms with Crippen LogP contribution < -0.4 is 10.9 Å². The molecule has 1 aromatic heterocycles.